The zero-order valence-corrected chi connectivity index (χ0v) is 18.1. The third-order valence-electron chi connectivity index (χ3n) is 5.76. The molecule has 32 heavy (non-hydrogen) atoms. The molecule has 6 nitrogen and oxygen atoms in total. The Morgan fingerprint density at radius 2 is 2.03 bits per heavy atom. The van der Waals surface area contributed by atoms with Crippen molar-refractivity contribution < 1.29 is 23.0 Å². The standard InChI is InChI=1S/C24H23F2N3O3/c1-24(2,13-27)16-6-7-29-17(12-28-21(29)11-16)15-9-19(31-3)22(18(30)8-14-4-5-14)20(10-15)32-23(25)26/h6-7,9-12,14,23H,4-5,8H2,1-3H3. The molecule has 1 saturated carbocycles. The number of hydrogen-bond donors (Lipinski definition) is 0. The predicted molar refractivity (Wildman–Crippen MR) is 114 cm³/mol. The highest BCUT2D eigenvalue weighted by atomic mass is 19.3. The highest BCUT2D eigenvalue weighted by Gasteiger charge is 2.30. The number of methoxy groups -OCH3 is 1. The molecule has 0 atom stereocenters. The summed E-state index contributed by atoms with van der Waals surface area (Å²) in [5.74, 6) is -0.0110. The van der Waals surface area contributed by atoms with Crippen LogP contribution in [0.2, 0.25) is 0 Å². The van der Waals surface area contributed by atoms with Gasteiger partial charge < -0.3 is 9.47 Å². The fourth-order valence-corrected chi connectivity index (χ4v) is 3.70. The normalized spacial score (nSPS) is 13.9. The second-order valence-corrected chi connectivity index (χ2v) is 8.52. The Balaban J connectivity index is 1.82. The molecular formula is C24H23F2N3O3. The fourth-order valence-electron chi connectivity index (χ4n) is 3.70. The van der Waals surface area contributed by atoms with Crippen LogP contribution in [0, 0.1) is 17.2 Å². The van der Waals surface area contributed by atoms with Gasteiger partial charge in [0.25, 0.3) is 0 Å². The number of ether oxygens (including phenoxy) is 2. The van der Waals surface area contributed by atoms with Crippen LogP contribution in [0.15, 0.2) is 36.7 Å². The molecule has 1 aliphatic rings. The second kappa shape index (κ2) is 8.23. The average molecular weight is 439 g/mol. The van der Waals surface area contributed by atoms with Crippen LogP contribution < -0.4 is 9.47 Å². The van der Waals surface area contributed by atoms with Crippen molar-refractivity contribution in [3.63, 3.8) is 0 Å². The summed E-state index contributed by atoms with van der Waals surface area (Å²) in [7, 11) is 1.39. The average Bonchev–Trinajstić information content (AvgIpc) is 3.47. The van der Waals surface area contributed by atoms with Crippen LogP contribution >= 0.6 is 0 Å². The molecule has 0 unspecified atom stereocenters. The smallest absolute Gasteiger partial charge is 0.387 e. The van der Waals surface area contributed by atoms with Crippen LogP contribution in [0.4, 0.5) is 8.78 Å². The molecule has 0 spiro atoms. The van der Waals surface area contributed by atoms with E-state index < -0.39 is 12.0 Å². The molecule has 2 aromatic heterocycles. The first-order valence-electron chi connectivity index (χ1n) is 10.3. The Labute approximate surface area is 184 Å². The molecule has 166 valence electrons. The van der Waals surface area contributed by atoms with E-state index in [1.807, 2.05) is 26.0 Å². The number of aromatic nitrogens is 2. The third-order valence-corrected chi connectivity index (χ3v) is 5.76. The molecule has 4 rings (SSSR count). The van der Waals surface area contributed by atoms with E-state index in [0.29, 0.717) is 16.9 Å². The molecule has 3 aromatic rings. The van der Waals surface area contributed by atoms with Gasteiger partial charge >= 0.3 is 6.61 Å². The van der Waals surface area contributed by atoms with Crippen LogP contribution in [0.1, 0.15) is 49.0 Å². The van der Waals surface area contributed by atoms with Gasteiger partial charge in [-0.05, 0) is 62.4 Å². The van der Waals surface area contributed by atoms with E-state index in [4.69, 9.17) is 9.47 Å². The zero-order valence-electron chi connectivity index (χ0n) is 18.1. The lowest BCUT2D eigenvalue weighted by Crippen LogP contribution is -2.14. The number of halogens is 2. The van der Waals surface area contributed by atoms with Crippen LogP contribution in [0.5, 0.6) is 11.5 Å². The van der Waals surface area contributed by atoms with Gasteiger partial charge in [-0.2, -0.15) is 14.0 Å². The van der Waals surface area contributed by atoms with E-state index in [1.54, 1.807) is 22.9 Å². The molecule has 0 bridgehead atoms. The van der Waals surface area contributed by atoms with Gasteiger partial charge in [-0.15, -0.1) is 0 Å². The largest absolute Gasteiger partial charge is 0.496 e. The predicted octanol–water partition coefficient (Wildman–Crippen LogP) is 5.40. The summed E-state index contributed by atoms with van der Waals surface area (Å²) < 4.78 is 38.3. The molecule has 0 amide bonds. The van der Waals surface area contributed by atoms with Gasteiger partial charge in [0.15, 0.2) is 5.78 Å². The number of nitrogens with zero attached hydrogens (tertiary/aromatic N) is 3. The fraction of sp³-hybridized carbons (Fsp3) is 0.375. The Bertz CT molecular complexity index is 1220. The van der Waals surface area contributed by atoms with Crippen molar-refractivity contribution in [1.29, 1.82) is 5.26 Å². The first-order valence-corrected chi connectivity index (χ1v) is 10.3. The highest BCUT2D eigenvalue weighted by Crippen LogP contribution is 2.40. The molecule has 0 N–H and O–H groups in total. The van der Waals surface area contributed by atoms with Gasteiger partial charge in [0.05, 0.1) is 30.5 Å². The molecule has 8 heteroatoms. The van der Waals surface area contributed by atoms with E-state index in [1.165, 1.54) is 13.2 Å². The number of carbonyl (C=O) groups is 1. The van der Waals surface area contributed by atoms with Crippen molar-refractivity contribution in [2.24, 2.45) is 5.92 Å². The number of benzene rings is 1. The van der Waals surface area contributed by atoms with Gasteiger partial charge in [0.2, 0.25) is 0 Å². The lowest BCUT2D eigenvalue weighted by atomic mass is 9.87. The molecule has 0 saturated heterocycles. The monoisotopic (exact) mass is 439 g/mol. The Kier molecular flexibility index (Phi) is 5.59. The molecular weight excluding hydrogens is 416 g/mol. The van der Waals surface area contributed by atoms with Crippen molar-refractivity contribution in [2.75, 3.05) is 7.11 Å². The van der Waals surface area contributed by atoms with Crippen LogP contribution in [0.25, 0.3) is 16.9 Å². The number of alkyl halides is 2. The minimum Gasteiger partial charge on any atom is -0.496 e. The van der Waals surface area contributed by atoms with Crippen molar-refractivity contribution in [3.8, 4) is 28.8 Å². The maximum Gasteiger partial charge on any atom is 0.387 e. The van der Waals surface area contributed by atoms with E-state index >= 15 is 0 Å². The van der Waals surface area contributed by atoms with Crippen LogP contribution in [-0.2, 0) is 5.41 Å². The minimum atomic E-state index is -3.08. The summed E-state index contributed by atoms with van der Waals surface area (Å²) >= 11 is 0. The van der Waals surface area contributed by atoms with Gasteiger partial charge in [-0.1, -0.05) is 0 Å². The van der Waals surface area contributed by atoms with Crippen molar-refractivity contribution in [2.45, 2.75) is 45.1 Å². The number of hydrogen-bond acceptors (Lipinski definition) is 5. The molecule has 2 heterocycles. The highest BCUT2D eigenvalue weighted by molar-refractivity contribution is 6.02. The maximum absolute atomic E-state index is 13.2. The number of imidazole rings is 1. The number of Topliss-reactive ketones (excluding diaryl/α,β-unsaturated/α-hetero) is 1. The molecule has 1 aliphatic carbocycles. The van der Waals surface area contributed by atoms with E-state index in [-0.39, 0.29) is 35.2 Å². The number of rotatable bonds is 8. The minimum absolute atomic E-state index is 0.0373. The molecule has 1 aromatic carbocycles. The van der Waals surface area contributed by atoms with Gasteiger partial charge in [-0.3, -0.25) is 9.20 Å². The second-order valence-electron chi connectivity index (χ2n) is 8.52. The third kappa shape index (κ3) is 4.15. The maximum atomic E-state index is 13.2. The van der Waals surface area contributed by atoms with E-state index in [2.05, 4.69) is 11.1 Å². The van der Waals surface area contributed by atoms with Gasteiger partial charge in [-0.25, -0.2) is 4.98 Å². The number of fused-ring (bicyclic) bond motifs is 1. The molecule has 0 radical (unpaired) electrons. The lowest BCUT2D eigenvalue weighted by molar-refractivity contribution is -0.0502. The van der Waals surface area contributed by atoms with Gasteiger partial charge in [0.1, 0.15) is 22.7 Å². The Hall–Kier alpha value is -3.47. The lowest BCUT2D eigenvalue weighted by Gasteiger charge is -2.17. The van der Waals surface area contributed by atoms with E-state index in [9.17, 15) is 18.8 Å². The zero-order chi connectivity index (χ0) is 23.0. The Morgan fingerprint density at radius 3 is 2.66 bits per heavy atom. The molecule has 0 aliphatic heterocycles. The number of ketones is 1. The van der Waals surface area contributed by atoms with Crippen molar-refractivity contribution in [1.82, 2.24) is 9.38 Å². The first-order chi connectivity index (χ1) is 15.2. The van der Waals surface area contributed by atoms with Crippen molar-refractivity contribution >= 4 is 11.4 Å². The van der Waals surface area contributed by atoms with Crippen LogP contribution in [-0.4, -0.2) is 28.9 Å². The molecule has 1 fully saturated rings. The topological polar surface area (TPSA) is 76.6 Å². The number of carbonyl (C=O) groups excluding carboxylic acids is 1. The van der Waals surface area contributed by atoms with Crippen LogP contribution in [0.3, 0.4) is 0 Å². The summed E-state index contributed by atoms with van der Waals surface area (Å²) in [6.45, 7) is 0.554. The summed E-state index contributed by atoms with van der Waals surface area (Å²) in [5, 5.41) is 9.40. The first kappa shape index (κ1) is 21.8. The van der Waals surface area contributed by atoms with E-state index in [0.717, 1.165) is 18.4 Å². The number of nitriles is 1. The van der Waals surface area contributed by atoms with Crippen molar-refractivity contribution in [3.05, 3.63) is 47.8 Å². The number of pyridine rings is 1. The summed E-state index contributed by atoms with van der Waals surface area (Å²) in [4.78, 5) is 17.2. The summed E-state index contributed by atoms with van der Waals surface area (Å²) in [6.07, 6.45) is 5.58. The Morgan fingerprint density at radius 1 is 1.31 bits per heavy atom. The quantitative estimate of drug-likeness (QED) is 0.440. The SMILES string of the molecule is COc1cc(-c2cnc3cc(C(C)(C)C#N)ccn23)cc(OC(F)F)c1C(=O)CC1CC1. The van der Waals surface area contributed by atoms with Gasteiger partial charge in [0, 0.05) is 18.2 Å². The summed E-state index contributed by atoms with van der Waals surface area (Å²) in [5.41, 5.74) is 1.89. The summed E-state index contributed by atoms with van der Waals surface area (Å²) in [6, 6.07) is 8.95.